The Hall–Kier alpha value is -1.46. The lowest BCUT2D eigenvalue weighted by Crippen LogP contribution is -2.31. The van der Waals surface area contributed by atoms with Gasteiger partial charge in [0.15, 0.2) is 0 Å². The van der Waals surface area contributed by atoms with Gasteiger partial charge in [-0.15, -0.1) is 0 Å². The van der Waals surface area contributed by atoms with Crippen LogP contribution in [0.2, 0.25) is 0 Å². The third-order valence-electron chi connectivity index (χ3n) is 2.42. The van der Waals surface area contributed by atoms with Gasteiger partial charge in [-0.2, -0.15) is 0 Å². The van der Waals surface area contributed by atoms with Gasteiger partial charge in [0.1, 0.15) is 11.4 Å². The summed E-state index contributed by atoms with van der Waals surface area (Å²) < 4.78 is 9.99. The monoisotopic (exact) mass is 238 g/mol. The van der Waals surface area contributed by atoms with Crippen LogP contribution in [-0.2, 0) is 4.74 Å². The van der Waals surface area contributed by atoms with Crippen molar-refractivity contribution in [3.05, 3.63) is 24.0 Å². The van der Waals surface area contributed by atoms with Crippen LogP contribution in [0.3, 0.4) is 0 Å². The van der Waals surface area contributed by atoms with Crippen molar-refractivity contribution in [2.24, 2.45) is 5.73 Å². The molecule has 1 aromatic rings. The van der Waals surface area contributed by atoms with Gasteiger partial charge in [-0.3, -0.25) is 4.79 Å². The zero-order valence-corrected chi connectivity index (χ0v) is 10.2. The Balaban J connectivity index is 2.67. The molecule has 0 saturated carbocycles. The molecule has 1 atom stereocenters. The van der Waals surface area contributed by atoms with E-state index in [-0.39, 0.29) is 5.78 Å². The standard InChI is InChI=1S/C12H18N2O3/c1-16-8-4-5-9(13)12(15)11-10(17-2)6-3-7-14-11/h3,6-7,9H,4-5,8,13H2,1-2H3. The fraction of sp³-hybridized carbons (Fsp3) is 0.500. The van der Waals surface area contributed by atoms with Gasteiger partial charge in [0.2, 0.25) is 5.78 Å². The Kier molecular flexibility index (Phi) is 5.59. The smallest absolute Gasteiger partial charge is 0.201 e. The summed E-state index contributed by atoms with van der Waals surface area (Å²) in [5.74, 6) is 0.262. The number of Topliss-reactive ketones (excluding diaryl/α,β-unsaturated/α-hetero) is 1. The Morgan fingerprint density at radius 3 is 2.94 bits per heavy atom. The zero-order valence-electron chi connectivity index (χ0n) is 10.2. The van der Waals surface area contributed by atoms with Gasteiger partial charge >= 0.3 is 0 Å². The molecule has 5 heteroatoms. The van der Waals surface area contributed by atoms with Crippen molar-refractivity contribution in [1.29, 1.82) is 0 Å². The number of aromatic nitrogens is 1. The molecule has 2 N–H and O–H groups in total. The van der Waals surface area contributed by atoms with Crippen LogP contribution in [0.5, 0.6) is 5.75 Å². The molecule has 0 saturated heterocycles. The van der Waals surface area contributed by atoms with Crippen LogP contribution in [-0.4, -0.2) is 37.6 Å². The van der Waals surface area contributed by atoms with Crippen molar-refractivity contribution in [3.63, 3.8) is 0 Å². The van der Waals surface area contributed by atoms with E-state index >= 15 is 0 Å². The van der Waals surface area contributed by atoms with Crippen LogP contribution in [0.15, 0.2) is 18.3 Å². The SMILES string of the molecule is COCCCC(N)C(=O)c1ncccc1OC. The number of pyridine rings is 1. The van der Waals surface area contributed by atoms with Gasteiger partial charge in [0.05, 0.1) is 13.2 Å². The fourth-order valence-corrected chi connectivity index (χ4v) is 1.49. The molecule has 0 aromatic carbocycles. The highest BCUT2D eigenvalue weighted by Gasteiger charge is 2.20. The van der Waals surface area contributed by atoms with Crippen molar-refractivity contribution in [2.75, 3.05) is 20.8 Å². The molecule has 0 radical (unpaired) electrons. The highest BCUT2D eigenvalue weighted by atomic mass is 16.5. The van der Waals surface area contributed by atoms with Crippen LogP contribution in [0.1, 0.15) is 23.3 Å². The van der Waals surface area contributed by atoms with Crippen LogP contribution < -0.4 is 10.5 Å². The Bertz CT molecular complexity index is 369. The van der Waals surface area contributed by atoms with E-state index in [2.05, 4.69) is 4.98 Å². The number of methoxy groups -OCH3 is 2. The summed E-state index contributed by atoms with van der Waals surface area (Å²) in [6.07, 6.45) is 2.88. The summed E-state index contributed by atoms with van der Waals surface area (Å²) in [4.78, 5) is 16.0. The first-order valence-corrected chi connectivity index (χ1v) is 5.48. The lowest BCUT2D eigenvalue weighted by molar-refractivity contribution is 0.0942. The third kappa shape index (κ3) is 3.80. The number of hydrogen-bond acceptors (Lipinski definition) is 5. The Morgan fingerprint density at radius 1 is 1.53 bits per heavy atom. The quantitative estimate of drug-likeness (QED) is 0.567. The minimum atomic E-state index is -0.561. The molecular weight excluding hydrogens is 220 g/mol. The first-order chi connectivity index (χ1) is 8.20. The minimum Gasteiger partial charge on any atom is -0.494 e. The molecule has 0 spiro atoms. The van der Waals surface area contributed by atoms with Crippen molar-refractivity contribution < 1.29 is 14.3 Å². The maximum Gasteiger partial charge on any atom is 0.201 e. The van der Waals surface area contributed by atoms with Gasteiger partial charge in [-0.1, -0.05) is 0 Å². The van der Waals surface area contributed by atoms with E-state index in [0.717, 1.165) is 6.42 Å². The van der Waals surface area contributed by atoms with Crippen LogP contribution in [0, 0.1) is 0 Å². The molecule has 0 fully saturated rings. The summed E-state index contributed by atoms with van der Waals surface area (Å²) in [5, 5.41) is 0. The van der Waals surface area contributed by atoms with E-state index in [9.17, 15) is 4.79 Å². The summed E-state index contributed by atoms with van der Waals surface area (Å²) in [6.45, 7) is 0.598. The highest BCUT2D eigenvalue weighted by molar-refractivity contribution is 6.00. The van der Waals surface area contributed by atoms with Crippen molar-refractivity contribution in [3.8, 4) is 5.75 Å². The number of nitrogens with zero attached hydrogens (tertiary/aromatic N) is 1. The summed E-state index contributed by atoms with van der Waals surface area (Å²) >= 11 is 0. The van der Waals surface area contributed by atoms with Gasteiger partial charge in [0.25, 0.3) is 0 Å². The number of nitrogens with two attached hydrogens (primary N) is 1. The number of hydrogen-bond donors (Lipinski definition) is 1. The second-order valence-electron chi connectivity index (χ2n) is 3.66. The van der Waals surface area contributed by atoms with Crippen LogP contribution in [0.25, 0.3) is 0 Å². The Morgan fingerprint density at radius 2 is 2.29 bits per heavy atom. The maximum absolute atomic E-state index is 12.0. The molecule has 17 heavy (non-hydrogen) atoms. The summed E-state index contributed by atoms with van der Waals surface area (Å²) in [5.41, 5.74) is 6.10. The number of rotatable bonds is 7. The van der Waals surface area contributed by atoms with Crippen molar-refractivity contribution in [1.82, 2.24) is 4.98 Å². The molecule has 1 heterocycles. The molecule has 1 rings (SSSR count). The fourth-order valence-electron chi connectivity index (χ4n) is 1.49. The van der Waals surface area contributed by atoms with Gasteiger partial charge in [-0.25, -0.2) is 4.98 Å². The predicted octanol–water partition coefficient (Wildman–Crippen LogP) is 1.03. The average molecular weight is 238 g/mol. The molecule has 5 nitrogen and oxygen atoms in total. The van der Waals surface area contributed by atoms with E-state index in [1.807, 2.05) is 0 Å². The van der Waals surface area contributed by atoms with E-state index in [4.69, 9.17) is 15.2 Å². The summed E-state index contributed by atoms with van der Waals surface area (Å²) in [7, 11) is 3.12. The molecule has 0 aliphatic carbocycles. The van der Waals surface area contributed by atoms with Gasteiger partial charge in [0, 0.05) is 19.9 Å². The predicted molar refractivity (Wildman–Crippen MR) is 64.2 cm³/mol. The van der Waals surface area contributed by atoms with Crippen molar-refractivity contribution >= 4 is 5.78 Å². The normalized spacial score (nSPS) is 12.2. The Labute approximate surface area is 101 Å². The van der Waals surface area contributed by atoms with E-state index in [0.29, 0.717) is 24.5 Å². The largest absolute Gasteiger partial charge is 0.494 e. The molecule has 1 unspecified atom stereocenters. The molecule has 94 valence electrons. The zero-order chi connectivity index (χ0) is 12.7. The van der Waals surface area contributed by atoms with E-state index < -0.39 is 6.04 Å². The lowest BCUT2D eigenvalue weighted by Gasteiger charge is -2.11. The number of ether oxygens (including phenoxy) is 2. The molecule has 0 bridgehead atoms. The minimum absolute atomic E-state index is 0.196. The first kappa shape index (κ1) is 13.6. The average Bonchev–Trinajstić information content (AvgIpc) is 2.38. The third-order valence-corrected chi connectivity index (χ3v) is 2.42. The number of carbonyl (C=O) groups is 1. The second kappa shape index (κ2) is 6.98. The van der Waals surface area contributed by atoms with Crippen LogP contribution >= 0.6 is 0 Å². The van der Waals surface area contributed by atoms with Crippen molar-refractivity contribution in [2.45, 2.75) is 18.9 Å². The molecule has 0 amide bonds. The molecule has 1 aromatic heterocycles. The maximum atomic E-state index is 12.0. The first-order valence-electron chi connectivity index (χ1n) is 5.48. The summed E-state index contributed by atoms with van der Waals surface area (Å²) in [6, 6.07) is 2.85. The lowest BCUT2D eigenvalue weighted by atomic mass is 10.0. The molecular formula is C12H18N2O3. The van der Waals surface area contributed by atoms with E-state index in [1.165, 1.54) is 7.11 Å². The van der Waals surface area contributed by atoms with Gasteiger partial charge in [-0.05, 0) is 25.0 Å². The van der Waals surface area contributed by atoms with Crippen LogP contribution in [0.4, 0.5) is 0 Å². The highest BCUT2D eigenvalue weighted by Crippen LogP contribution is 2.16. The molecule has 0 aliphatic heterocycles. The molecule has 0 aliphatic rings. The second-order valence-corrected chi connectivity index (χ2v) is 3.66. The number of carbonyl (C=O) groups excluding carboxylic acids is 1. The van der Waals surface area contributed by atoms with E-state index in [1.54, 1.807) is 25.4 Å². The number of ketones is 1. The topological polar surface area (TPSA) is 74.4 Å². The van der Waals surface area contributed by atoms with Gasteiger partial charge < -0.3 is 15.2 Å².